The number of hydrogen-bond donors (Lipinski definition) is 1. The second-order valence-corrected chi connectivity index (χ2v) is 3.54. The van der Waals surface area contributed by atoms with Crippen molar-refractivity contribution in [3.8, 4) is 0 Å². The Morgan fingerprint density at radius 3 is 2.73 bits per heavy atom. The fourth-order valence-electron chi connectivity index (χ4n) is 1.08. The lowest BCUT2D eigenvalue weighted by Crippen LogP contribution is -2.18. The van der Waals surface area contributed by atoms with Gasteiger partial charge in [-0.3, -0.25) is 5.32 Å². The smallest absolute Gasteiger partial charge is 0.411 e. The summed E-state index contributed by atoms with van der Waals surface area (Å²) in [6, 6.07) is 4.20. The van der Waals surface area contributed by atoms with Gasteiger partial charge in [0.05, 0.1) is 6.10 Å². The lowest BCUT2D eigenvalue weighted by atomic mass is 10.2. The van der Waals surface area contributed by atoms with Gasteiger partial charge in [-0.1, -0.05) is 6.07 Å². The van der Waals surface area contributed by atoms with E-state index in [1.54, 1.807) is 26.8 Å². The van der Waals surface area contributed by atoms with Gasteiger partial charge in [0.2, 0.25) is 0 Å². The number of nitrogens with one attached hydrogen (secondary N) is 1. The summed E-state index contributed by atoms with van der Waals surface area (Å²) < 4.78 is 17.7. The SMILES string of the molecule is Cc1ccc(F)cc1NC(=O)OC(C)C. The Bertz CT molecular complexity index is 364. The molecule has 0 saturated heterocycles. The van der Waals surface area contributed by atoms with Gasteiger partial charge in [0.1, 0.15) is 5.82 Å². The molecule has 0 aliphatic carbocycles. The number of carbonyl (C=O) groups excluding carboxylic acids is 1. The summed E-state index contributed by atoms with van der Waals surface area (Å²) in [5, 5.41) is 2.48. The first kappa shape index (κ1) is 11.5. The Hall–Kier alpha value is -1.58. The Kier molecular flexibility index (Phi) is 3.66. The van der Waals surface area contributed by atoms with Gasteiger partial charge in [0.25, 0.3) is 0 Å². The van der Waals surface area contributed by atoms with E-state index in [2.05, 4.69) is 5.32 Å². The number of rotatable bonds is 2. The first-order chi connectivity index (χ1) is 6.99. The normalized spacial score (nSPS) is 10.2. The van der Waals surface area contributed by atoms with Crippen LogP contribution >= 0.6 is 0 Å². The van der Waals surface area contributed by atoms with E-state index in [0.717, 1.165) is 5.56 Å². The van der Waals surface area contributed by atoms with Crippen molar-refractivity contribution >= 4 is 11.8 Å². The van der Waals surface area contributed by atoms with Crippen LogP contribution in [0.5, 0.6) is 0 Å². The van der Waals surface area contributed by atoms with Crippen molar-refractivity contribution in [2.45, 2.75) is 26.9 Å². The van der Waals surface area contributed by atoms with Crippen molar-refractivity contribution in [2.75, 3.05) is 5.32 Å². The van der Waals surface area contributed by atoms with Crippen LogP contribution in [0, 0.1) is 12.7 Å². The minimum absolute atomic E-state index is 0.195. The third-order valence-corrected chi connectivity index (χ3v) is 1.78. The molecule has 0 fully saturated rings. The zero-order valence-electron chi connectivity index (χ0n) is 9.00. The van der Waals surface area contributed by atoms with E-state index in [0.29, 0.717) is 5.69 Å². The Morgan fingerprint density at radius 1 is 1.47 bits per heavy atom. The highest BCUT2D eigenvalue weighted by Gasteiger charge is 2.07. The number of aryl methyl sites for hydroxylation is 1. The zero-order chi connectivity index (χ0) is 11.4. The zero-order valence-corrected chi connectivity index (χ0v) is 9.00. The quantitative estimate of drug-likeness (QED) is 0.816. The molecule has 0 aliphatic heterocycles. The van der Waals surface area contributed by atoms with Gasteiger partial charge in [-0.15, -0.1) is 0 Å². The van der Waals surface area contributed by atoms with Gasteiger partial charge >= 0.3 is 6.09 Å². The van der Waals surface area contributed by atoms with Crippen molar-refractivity contribution in [3.05, 3.63) is 29.6 Å². The molecule has 1 amide bonds. The van der Waals surface area contributed by atoms with Crippen LogP contribution in [0.2, 0.25) is 0 Å². The number of ether oxygens (including phenoxy) is 1. The fraction of sp³-hybridized carbons (Fsp3) is 0.364. The molecule has 1 N–H and O–H groups in total. The molecule has 0 aromatic heterocycles. The average Bonchev–Trinajstić information content (AvgIpc) is 2.10. The van der Waals surface area contributed by atoms with Crippen molar-refractivity contribution in [1.29, 1.82) is 0 Å². The Balaban J connectivity index is 2.71. The lowest BCUT2D eigenvalue weighted by Gasteiger charge is -2.11. The maximum atomic E-state index is 12.9. The molecule has 4 heteroatoms. The summed E-state index contributed by atoms with van der Waals surface area (Å²) in [5.41, 5.74) is 1.22. The van der Waals surface area contributed by atoms with Crippen molar-refractivity contribution in [2.24, 2.45) is 0 Å². The van der Waals surface area contributed by atoms with Crippen LogP contribution in [0.1, 0.15) is 19.4 Å². The number of amides is 1. The second-order valence-electron chi connectivity index (χ2n) is 3.54. The van der Waals surface area contributed by atoms with Crippen LogP contribution < -0.4 is 5.32 Å². The van der Waals surface area contributed by atoms with Crippen LogP contribution in [0.15, 0.2) is 18.2 Å². The first-order valence-electron chi connectivity index (χ1n) is 4.73. The maximum absolute atomic E-state index is 12.9. The molecule has 0 bridgehead atoms. The van der Waals surface area contributed by atoms with E-state index in [-0.39, 0.29) is 11.9 Å². The third kappa shape index (κ3) is 3.58. The Labute approximate surface area is 88.2 Å². The van der Waals surface area contributed by atoms with Crippen molar-refractivity contribution in [3.63, 3.8) is 0 Å². The van der Waals surface area contributed by atoms with E-state index in [1.165, 1.54) is 12.1 Å². The van der Waals surface area contributed by atoms with Crippen LogP contribution in [-0.4, -0.2) is 12.2 Å². The molecule has 0 radical (unpaired) electrons. The number of anilines is 1. The minimum Gasteiger partial charge on any atom is -0.447 e. The molecule has 0 aliphatic rings. The maximum Gasteiger partial charge on any atom is 0.411 e. The number of halogens is 1. The predicted molar refractivity (Wildman–Crippen MR) is 56.4 cm³/mol. The highest BCUT2D eigenvalue weighted by molar-refractivity contribution is 5.85. The van der Waals surface area contributed by atoms with E-state index in [1.807, 2.05) is 0 Å². The van der Waals surface area contributed by atoms with Crippen LogP contribution in [0.3, 0.4) is 0 Å². The summed E-state index contributed by atoms with van der Waals surface area (Å²) in [7, 11) is 0. The van der Waals surface area contributed by atoms with Crippen LogP contribution in [-0.2, 0) is 4.74 Å². The number of benzene rings is 1. The van der Waals surface area contributed by atoms with E-state index < -0.39 is 6.09 Å². The highest BCUT2D eigenvalue weighted by Crippen LogP contribution is 2.16. The van der Waals surface area contributed by atoms with Crippen LogP contribution in [0.4, 0.5) is 14.9 Å². The summed E-state index contributed by atoms with van der Waals surface area (Å²) in [4.78, 5) is 11.2. The molecule has 1 rings (SSSR count). The van der Waals surface area contributed by atoms with Gasteiger partial charge in [0, 0.05) is 5.69 Å². The topological polar surface area (TPSA) is 38.3 Å². The monoisotopic (exact) mass is 211 g/mol. The molecular weight excluding hydrogens is 197 g/mol. The summed E-state index contributed by atoms with van der Waals surface area (Å²) in [6.45, 7) is 5.28. The van der Waals surface area contributed by atoms with Gasteiger partial charge in [-0.05, 0) is 38.5 Å². The second kappa shape index (κ2) is 4.77. The summed E-state index contributed by atoms with van der Waals surface area (Å²) in [5.74, 6) is -0.388. The molecule has 15 heavy (non-hydrogen) atoms. The first-order valence-corrected chi connectivity index (χ1v) is 4.73. The highest BCUT2D eigenvalue weighted by atomic mass is 19.1. The fourth-order valence-corrected chi connectivity index (χ4v) is 1.08. The number of carbonyl (C=O) groups is 1. The largest absolute Gasteiger partial charge is 0.447 e. The molecule has 3 nitrogen and oxygen atoms in total. The molecule has 82 valence electrons. The molecule has 0 spiro atoms. The molecule has 0 heterocycles. The van der Waals surface area contributed by atoms with Crippen molar-refractivity contribution in [1.82, 2.24) is 0 Å². The van der Waals surface area contributed by atoms with Crippen molar-refractivity contribution < 1.29 is 13.9 Å². The predicted octanol–water partition coefficient (Wildman–Crippen LogP) is 3.09. The van der Waals surface area contributed by atoms with E-state index >= 15 is 0 Å². The van der Waals surface area contributed by atoms with Gasteiger partial charge in [-0.2, -0.15) is 0 Å². The molecule has 0 saturated carbocycles. The molecular formula is C11H14FNO2. The summed E-state index contributed by atoms with van der Waals surface area (Å²) in [6.07, 6.45) is -0.766. The van der Waals surface area contributed by atoms with E-state index in [4.69, 9.17) is 4.74 Å². The van der Waals surface area contributed by atoms with Gasteiger partial charge in [0.15, 0.2) is 0 Å². The number of hydrogen-bond acceptors (Lipinski definition) is 2. The minimum atomic E-state index is -0.571. The Morgan fingerprint density at radius 2 is 2.13 bits per heavy atom. The third-order valence-electron chi connectivity index (χ3n) is 1.78. The average molecular weight is 211 g/mol. The molecule has 0 unspecified atom stereocenters. The summed E-state index contributed by atoms with van der Waals surface area (Å²) >= 11 is 0. The molecule has 0 atom stereocenters. The van der Waals surface area contributed by atoms with Gasteiger partial charge in [-0.25, -0.2) is 9.18 Å². The standard InChI is InChI=1S/C11H14FNO2/c1-7(2)15-11(14)13-10-6-9(12)5-4-8(10)3/h4-7H,1-3H3,(H,13,14). The van der Waals surface area contributed by atoms with E-state index in [9.17, 15) is 9.18 Å². The molecule has 1 aromatic carbocycles. The molecule has 1 aromatic rings. The van der Waals surface area contributed by atoms with Gasteiger partial charge < -0.3 is 4.74 Å². The van der Waals surface area contributed by atoms with Crippen LogP contribution in [0.25, 0.3) is 0 Å². The lowest BCUT2D eigenvalue weighted by molar-refractivity contribution is 0.130.